The highest BCUT2D eigenvalue weighted by molar-refractivity contribution is 7.51. The molecule has 4 N–H and O–H groups in total. The van der Waals surface area contributed by atoms with Gasteiger partial charge in [0.15, 0.2) is 0 Å². The Morgan fingerprint density at radius 3 is 2.68 bits per heavy atom. The Labute approximate surface area is 125 Å². The number of hydrogen-bond donors (Lipinski definition) is 4. The fourth-order valence-electron chi connectivity index (χ4n) is 2.96. The third kappa shape index (κ3) is 3.74. The summed E-state index contributed by atoms with van der Waals surface area (Å²) in [5, 5.41) is 10.3. The highest BCUT2D eigenvalue weighted by atomic mass is 31.2. The monoisotopic (exact) mass is 334 g/mol. The lowest BCUT2D eigenvalue weighted by molar-refractivity contribution is -0.0238. The molecule has 1 aromatic heterocycles. The molecule has 1 aliphatic rings. The van der Waals surface area contributed by atoms with E-state index in [0.717, 1.165) is 0 Å². The third-order valence-electron chi connectivity index (χ3n) is 4.01. The average molecular weight is 334 g/mol. The minimum Gasteiger partial charge on any atom is -0.390 e. The zero-order chi connectivity index (χ0) is 16.5. The number of aromatic amines is 1. The van der Waals surface area contributed by atoms with Crippen LogP contribution in [-0.2, 0) is 9.30 Å². The summed E-state index contributed by atoms with van der Waals surface area (Å²) in [5.74, 6) is -0.401. The average Bonchev–Trinajstić information content (AvgIpc) is 2.72. The van der Waals surface area contributed by atoms with Gasteiger partial charge in [-0.2, -0.15) is 0 Å². The molecule has 124 valence electrons. The Bertz CT molecular complexity index is 679. The van der Waals surface area contributed by atoms with Gasteiger partial charge in [-0.05, 0) is 18.8 Å². The summed E-state index contributed by atoms with van der Waals surface area (Å²) in [6.45, 7) is 0. The lowest BCUT2D eigenvalue weighted by Gasteiger charge is -2.22. The van der Waals surface area contributed by atoms with Crippen LogP contribution in [0.4, 0.5) is 0 Å². The van der Waals surface area contributed by atoms with Crippen molar-refractivity contribution in [1.82, 2.24) is 9.55 Å². The van der Waals surface area contributed by atoms with Crippen molar-refractivity contribution in [2.24, 2.45) is 5.92 Å². The quantitative estimate of drug-likeness (QED) is 0.508. The van der Waals surface area contributed by atoms with Crippen molar-refractivity contribution in [3.63, 3.8) is 0 Å². The molecule has 1 fully saturated rings. The van der Waals surface area contributed by atoms with Crippen LogP contribution in [0.1, 0.15) is 18.9 Å². The summed E-state index contributed by atoms with van der Waals surface area (Å²) >= 11 is 0. The van der Waals surface area contributed by atoms with Crippen LogP contribution >= 0.6 is 7.60 Å². The molecule has 4 atom stereocenters. The maximum atomic E-state index is 11.9. The van der Waals surface area contributed by atoms with Crippen LogP contribution in [0.5, 0.6) is 0 Å². The fraction of sp³-hybridized carbons (Fsp3) is 0.667. The Balaban J connectivity index is 2.23. The molecule has 0 unspecified atom stereocenters. The number of rotatable bonds is 5. The number of nitrogens with zero attached hydrogens (tertiary/aromatic N) is 1. The Kier molecular flexibility index (Phi) is 5.03. The SMILES string of the molecule is CO[C@@H]1[C@H](O)[C@@H](CCP(=O)(O)O)C[C@H]1n1ccc(=O)[nH]c1=O. The standard InChI is InChI=1S/C12H19N2O7P/c1-21-11-8(14-4-2-9(15)13-12(14)17)6-7(10(11)16)3-5-22(18,19)20/h2,4,7-8,10-11,16H,3,5-6H2,1H3,(H,13,15,17)(H2,18,19,20)/t7-,8+,10+,11-/m0/s1. The van der Waals surface area contributed by atoms with Gasteiger partial charge < -0.3 is 19.6 Å². The van der Waals surface area contributed by atoms with E-state index in [1.807, 2.05) is 0 Å². The van der Waals surface area contributed by atoms with Crippen LogP contribution in [-0.4, -0.2) is 49.9 Å². The van der Waals surface area contributed by atoms with E-state index in [4.69, 9.17) is 14.5 Å². The van der Waals surface area contributed by atoms with Crippen molar-refractivity contribution in [2.75, 3.05) is 13.3 Å². The van der Waals surface area contributed by atoms with Gasteiger partial charge in [-0.25, -0.2) is 4.79 Å². The molecule has 0 spiro atoms. The number of H-pyrrole nitrogens is 1. The molecule has 0 amide bonds. The normalized spacial score (nSPS) is 28.9. The van der Waals surface area contributed by atoms with Crippen molar-refractivity contribution in [3.05, 3.63) is 33.1 Å². The topological polar surface area (TPSA) is 142 Å². The number of nitrogens with one attached hydrogen (secondary N) is 1. The summed E-state index contributed by atoms with van der Waals surface area (Å²) in [4.78, 5) is 43.0. The second kappa shape index (κ2) is 6.47. The Morgan fingerprint density at radius 2 is 2.14 bits per heavy atom. The van der Waals surface area contributed by atoms with E-state index in [1.165, 1.54) is 23.9 Å². The molecular weight excluding hydrogens is 315 g/mol. The molecule has 10 heteroatoms. The van der Waals surface area contributed by atoms with Gasteiger partial charge in [-0.15, -0.1) is 0 Å². The smallest absolute Gasteiger partial charge is 0.328 e. The Morgan fingerprint density at radius 1 is 1.45 bits per heavy atom. The van der Waals surface area contributed by atoms with Crippen LogP contribution in [0.15, 0.2) is 21.9 Å². The van der Waals surface area contributed by atoms with Gasteiger partial charge in [0, 0.05) is 19.4 Å². The minimum absolute atomic E-state index is 0.125. The minimum atomic E-state index is -4.15. The van der Waals surface area contributed by atoms with E-state index in [9.17, 15) is 19.3 Å². The van der Waals surface area contributed by atoms with E-state index in [1.54, 1.807) is 0 Å². The zero-order valence-electron chi connectivity index (χ0n) is 12.0. The number of hydrogen-bond acceptors (Lipinski definition) is 5. The second-order valence-corrected chi connectivity index (χ2v) is 7.22. The van der Waals surface area contributed by atoms with Gasteiger partial charge in [0.25, 0.3) is 5.56 Å². The van der Waals surface area contributed by atoms with Crippen LogP contribution in [0, 0.1) is 5.92 Å². The van der Waals surface area contributed by atoms with E-state index < -0.39 is 43.0 Å². The summed E-state index contributed by atoms with van der Waals surface area (Å²) in [6.07, 6.45) is -0.189. The molecule has 22 heavy (non-hydrogen) atoms. The number of methoxy groups -OCH3 is 1. The van der Waals surface area contributed by atoms with Crippen LogP contribution in [0.25, 0.3) is 0 Å². The molecule has 1 aromatic rings. The van der Waals surface area contributed by atoms with E-state index in [2.05, 4.69) is 4.98 Å². The fourth-order valence-corrected chi connectivity index (χ4v) is 3.63. The lowest BCUT2D eigenvalue weighted by Crippen LogP contribution is -2.38. The molecule has 0 radical (unpaired) electrons. The number of aromatic nitrogens is 2. The number of aliphatic hydroxyl groups is 1. The van der Waals surface area contributed by atoms with Gasteiger partial charge in [0.1, 0.15) is 6.10 Å². The highest BCUT2D eigenvalue weighted by Gasteiger charge is 2.44. The number of ether oxygens (including phenoxy) is 1. The van der Waals surface area contributed by atoms with E-state index >= 15 is 0 Å². The second-order valence-electron chi connectivity index (χ2n) is 5.45. The van der Waals surface area contributed by atoms with Gasteiger partial charge >= 0.3 is 13.3 Å². The molecular formula is C12H19N2O7P. The van der Waals surface area contributed by atoms with E-state index in [0.29, 0.717) is 6.42 Å². The number of aliphatic hydroxyl groups excluding tert-OH is 1. The molecule has 0 bridgehead atoms. The first-order valence-corrected chi connectivity index (χ1v) is 8.59. The van der Waals surface area contributed by atoms with Crippen molar-refractivity contribution in [3.8, 4) is 0 Å². The maximum absolute atomic E-state index is 11.9. The summed E-state index contributed by atoms with van der Waals surface area (Å²) in [5.41, 5.74) is -1.13. The van der Waals surface area contributed by atoms with Gasteiger partial charge in [0.05, 0.1) is 18.3 Å². The molecule has 1 saturated carbocycles. The highest BCUT2D eigenvalue weighted by Crippen LogP contribution is 2.42. The van der Waals surface area contributed by atoms with Crippen molar-refractivity contribution >= 4 is 7.60 Å². The van der Waals surface area contributed by atoms with Crippen molar-refractivity contribution in [1.29, 1.82) is 0 Å². The molecule has 0 aliphatic heterocycles. The summed E-state index contributed by atoms with van der Waals surface area (Å²) in [6, 6.07) is 0.690. The lowest BCUT2D eigenvalue weighted by atomic mass is 10.0. The van der Waals surface area contributed by atoms with Gasteiger partial charge in [0.2, 0.25) is 0 Å². The first kappa shape index (κ1) is 17.1. The van der Waals surface area contributed by atoms with Crippen molar-refractivity contribution < 1.29 is 24.2 Å². The predicted molar refractivity (Wildman–Crippen MR) is 76.8 cm³/mol. The van der Waals surface area contributed by atoms with Crippen molar-refractivity contribution in [2.45, 2.75) is 31.1 Å². The summed E-state index contributed by atoms with van der Waals surface area (Å²) < 4.78 is 17.5. The largest absolute Gasteiger partial charge is 0.390 e. The third-order valence-corrected chi connectivity index (χ3v) is 4.86. The Hall–Kier alpha value is -1.25. The molecule has 0 aromatic carbocycles. The first-order valence-electron chi connectivity index (χ1n) is 6.80. The molecule has 0 saturated heterocycles. The molecule has 1 aliphatic carbocycles. The van der Waals surface area contributed by atoms with Crippen LogP contribution in [0.2, 0.25) is 0 Å². The van der Waals surface area contributed by atoms with Gasteiger partial charge in [-0.1, -0.05) is 0 Å². The maximum Gasteiger partial charge on any atom is 0.328 e. The van der Waals surface area contributed by atoms with E-state index in [-0.39, 0.29) is 12.6 Å². The molecule has 1 heterocycles. The van der Waals surface area contributed by atoms with Crippen LogP contribution < -0.4 is 11.2 Å². The predicted octanol–water partition coefficient (Wildman–Crippen LogP) is -0.959. The first-order chi connectivity index (χ1) is 10.2. The molecule has 2 rings (SSSR count). The zero-order valence-corrected chi connectivity index (χ0v) is 12.8. The van der Waals surface area contributed by atoms with Crippen LogP contribution in [0.3, 0.4) is 0 Å². The molecule has 9 nitrogen and oxygen atoms in total. The summed E-state index contributed by atoms with van der Waals surface area (Å²) in [7, 11) is -2.76. The van der Waals surface area contributed by atoms with Gasteiger partial charge in [-0.3, -0.25) is 18.9 Å².